The van der Waals surface area contributed by atoms with E-state index in [9.17, 15) is 4.79 Å². The Morgan fingerprint density at radius 3 is 2.26 bits per heavy atom. The van der Waals surface area contributed by atoms with Crippen molar-refractivity contribution in [2.75, 3.05) is 5.32 Å². The summed E-state index contributed by atoms with van der Waals surface area (Å²) in [5.41, 5.74) is 11.6. The van der Waals surface area contributed by atoms with E-state index in [2.05, 4.69) is 16.5 Å². The summed E-state index contributed by atoms with van der Waals surface area (Å²) in [6, 6.07) is 9.12. The number of rotatable bonds is 4. The van der Waals surface area contributed by atoms with Crippen LogP contribution in [0, 0.1) is 34.6 Å². The van der Waals surface area contributed by atoms with Gasteiger partial charge in [0.1, 0.15) is 17.3 Å². The zero-order chi connectivity index (χ0) is 19.7. The van der Waals surface area contributed by atoms with Crippen LogP contribution in [-0.2, 0) is 0 Å². The number of aromatic nitrogens is 1. The largest absolute Gasteiger partial charge is 0.457 e. The number of urea groups is 1. The number of carbonyl (C=O) groups is 1. The number of nitrogens with zero attached hydrogens (tertiary/aromatic N) is 1. The Balaban J connectivity index is 1.98. The van der Waals surface area contributed by atoms with Gasteiger partial charge in [-0.2, -0.15) is 0 Å². The van der Waals surface area contributed by atoms with Crippen molar-refractivity contribution >= 4 is 11.7 Å². The first-order valence-electron chi connectivity index (χ1n) is 8.65. The van der Waals surface area contributed by atoms with Crippen molar-refractivity contribution in [2.45, 2.75) is 34.6 Å². The van der Waals surface area contributed by atoms with Gasteiger partial charge in [-0.05, 0) is 81.1 Å². The lowest BCUT2D eigenvalue weighted by molar-refractivity contribution is 0.259. The predicted molar refractivity (Wildman–Crippen MR) is 105 cm³/mol. The fourth-order valence-electron chi connectivity index (χ4n) is 3.29. The number of amides is 2. The Labute approximate surface area is 158 Å². The van der Waals surface area contributed by atoms with E-state index in [0.717, 1.165) is 50.8 Å². The average Bonchev–Trinajstić information content (AvgIpc) is 2.88. The molecular weight excluding hydrogens is 342 g/mol. The quantitative estimate of drug-likeness (QED) is 0.667. The molecule has 140 valence electrons. The van der Waals surface area contributed by atoms with Gasteiger partial charge in [-0.25, -0.2) is 4.79 Å². The zero-order valence-corrected chi connectivity index (χ0v) is 16.1. The van der Waals surface area contributed by atoms with Crippen molar-refractivity contribution in [3.05, 3.63) is 58.5 Å². The summed E-state index contributed by atoms with van der Waals surface area (Å²) < 4.78 is 11.5. The zero-order valence-electron chi connectivity index (χ0n) is 16.1. The molecule has 3 aromatic rings. The monoisotopic (exact) mass is 365 g/mol. The number of primary amides is 1. The van der Waals surface area contributed by atoms with Crippen LogP contribution in [0.1, 0.15) is 28.1 Å². The van der Waals surface area contributed by atoms with E-state index in [1.165, 1.54) is 0 Å². The van der Waals surface area contributed by atoms with Crippen LogP contribution < -0.4 is 15.8 Å². The minimum atomic E-state index is -0.592. The van der Waals surface area contributed by atoms with Gasteiger partial charge in [0.15, 0.2) is 0 Å². The summed E-state index contributed by atoms with van der Waals surface area (Å²) in [6.45, 7) is 9.71. The maximum atomic E-state index is 11.1. The molecule has 0 aliphatic rings. The number of ether oxygens (including phenoxy) is 1. The lowest BCUT2D eigenvalue weighted by Crippen LogP contribution is -2.19. The van der Waals surface area contributed by atoms with Crippen molar-refractivity contribution in [1.82, 2.24) is 5.16 Å². The molecule has 0 aliphatic heterocycles. The van der Waals surface area contributed by atoms with Crippen molar-refractivity contribution in [1.29, 1.82) is 0 Å². The smallest absolute Gasteiger partial charge is 0.316 e. The van der Waals surface area contributed by atoms with Gasteiger partial charge in [-0.1, -0.05) is 11.2 Å². The lowest BCUT2D eigenvalue weighted by atomic mass is 10.0. The molecule has 6 heteroatoms. The van der Waals surface area contributed by atoms with E-state index < -0.39 is 6.03 Å². The number of benzene rings is 2. The molecule has 6 nitrogen and oxygen atoms in total. The SMILES string of the molecule is Cc1cc(Oc2c(C)cc(NC(N)=O)cc2C)cc(-c2c(C)noc2C)c1. The summed E-state index contributed by atoms with van der Waals surface area (Å²) in [5, 5.41) is 6.63. The summed E-state index contributed by atoms with van der Waals surface area (Å²) in [4.78, 5) is 11.1. The fraction of sp³-hybridized carbons (Fsp3) is 0.238. The first-order valence-corrected chi connectivity index (χ1v) is 8.65. The van der Waals surface area contributed by atoms with Crippen molar-refractivity contribution in [3.8, 4) is 22.6 Å². The molecule has 0 fully saturated rings. The average molecular weight is 365 g/mol. The Morgan fingerprint density at radius 1 is 1.04 bits per heavy atom. The third-order valence-corrected chi connectivity index (χ3v) is 4.32. The van der Waals surface area contributed by atoms with Crippen LogP contribution >= 0.6 is 0 Å². The van der Waals surface area contributed by atoms with Crippen molar-refractivity contribution < 1.29 is 14.1 Å². The van der Waals surface area contributed by atoms with Crippen LogP contribution in [-0.4, -0.2) is 11.2 Å². The number of nitrogens with one attached hydrogen (secondary N) is 1. The molecule has 0 saturated carbocycles. The van der Waals surface area contributed by atoms with Gasteiger partial charge in [0.05, 0.1) is 5.69 Å². The Morgan fingerprint density at radius 2 is 1.70 bits per heavy atom. The highest BCUT2D eigenvalue weighted by molar-refractivity contribution is 5.88. The number of hydrogen-bond acceptors (Lipinski definition) is 4. The van der Waals surface area contributed by atoms with Gasteiger partial charge < -0.3 is 20.3 Å². The molecule has 2 aromatic carbocycles. The standard InChI is InChI=1S/C21H23N3O3/c1-11-6-16(19-14(4)24-27-15(19)5)10-18(7-11)26-20-12(2)8-17(9-13(20)3)23-21(22)25/h6-10H,1-5H3,(H3,22,23,25). The second-order valence-corrected chi connectivity index (χ2v) is 6.76. The molecule has 3 rings (SSSR count). The third-order valence-electron chi connectivity index (χ3n) is 4.32. The molecule has 0 atom stereocenters. The van der Waals surface area contributed by atoms with E-state index in [1.807, 2.05) is 58.9 Å². The van der Waals surface area contributed by atoms with Crippen LogP contribution in [0.2, 0.25) is 0 Å². The number of anilines is 1. The van der Waals surface area contributed by atoms with E-state index in [0.29, 0.717) is 5.69 Å². The maximum absolute atomic E-state index is 11.1. The van der Waals surface area contributed by atoms with E-state index in [-0.39, 0.29) is 0 Å². The second-order valence-electron chi connectivity index (χ2n) is 6.76. The molecular formula is C21H23N3O3. The van der Waals surface area contributed by atoms with Crippen LogP contribution in [0.15, 0.2) is 34.9 Å². The highest BCUT2D eigenvalue weighted by atomic mass is 16.5. The Kier molecular flexibility index (Phi) is 4.90. The van der Waals surface area contributed by atoms with Gasteiger partial charge >= 0.3 is 6.03 Å². The third kappa shape index (κ3) is 3.95. The highest BCUT2D eigenvalue weighted by Crippen LogP contribution is 2.35. The summed E-state index contributed by atoms with van der Waals surface area (Å²) in [6.07, 6.45) is 0. The summed E-state index contributed by atoms with van der Waals surface area (Å²) >= 11 is 0. The minimum Gasteiger partial charge on any atom is -0.457 e. The first-order chi connectivity index (χ1) is 12.7. The fourth-order valence-corrected chi connectivity index (χ4v) is 3.29. The molecule has 27 heavy (non-hydrogen) atoms. The molecule has 0 unspecified atom stereocenters. The van der Waals surface area contributed by atoms with E-state index in [4.69, 9.17) is 15.0 Å². The molecule has 3 N–H and O–H groups in total. The molecule has 0 aliphatic carbocycles. The van der Waals surface area contributed by atoms with E-state index >= 15 is 0 Å². The predicted octanol–water partition coefficient (Wildman–Crippen LogP) is 5.17. The molecule has 1 aromatic heterocycles. The second kappa shape index (κ2) is 7.15. The van der Waals surface area contributed by atoms with Gasteiger partial charge in [-0.15, -0.1) is 0 Å². The molecule has 0 spiro atoms. The highest BCUT2D eigenvalue weighted by Gasteiger charge is 2.14. The van der Waals surface area contributed by atoms with Crippen LogP contribution in [0.3, 0.4) is 0 Å². The topological polar surface area (TPSA) is 90.4 Å². The van der Waals surface area contributed by atoms with Gasteiger partial charge in [0.2, 0.25) is 0 Å². The summed E-state index contributed by atoms with van der Waals surface area (Å²) in [5.74, 6) is 2.26. The maximum Gasteiger partial charge on any atom is 0.316 e. The van der Waals surface area contributed by atoms with Gasteiger partial charge in [0.25, 0.3) is 0 Å². The van der Waals surface area contributed by atoms with E-state index in [1.54, 1.807) is 0 Å². The molecule has 1 heterocycles. The molecule has 2 amide bonds. The first kappa shape index (κ1) is 18.5. The number of nitrogens with two attached hydrogens (primary N) is 1. The van der Waals surface area contributed by atoms with Gasteiger partial charge in [-0.3, -0.25) is 0 Å². The Bertz CT molecular complexity index is 979. The van der Waals surface area contributed by atoms with Gasteiger partial charge in [0, 0.05) is 11.3 Å². The van der Waals surface area contributed by atoms with Crippen molar-refractivity contribution in [3.63, 3.8) is 0 Å². The molecule has 0 radical (unpaired) electrons. The Hall–Kier alpha value is -3.28. The van der Waals surface area contributed by atoms with Crippen molar-refractivity contribution in [2.24, 2.45) is 5.73 Å². The van der Waals surface area contributed by atoms with Crippen LogP contribution in [0.4, 0.5) is 10.5 Å². The lowest BCUT2D eigenvalue weighted by Gasteiger charge is -2.15. The summed E-state index contributed by atoms with van der Waals surface area (Å²) in [7, 11) is 0. The normalized spacial score (nSPS) is 10.7. The van der Waals surface area contributed by atoms with Crippen LogP contribution in [0.25, 0.3) is 11.1 Å². The minimum absolute atomic E-state index is 0.592. The number of aryl methyl sites for hydroxylation is 5. The molecule has 0 saturated heterocycles. The van der Waals surface area contributed by atoms with Crippen LogP contribution in [0.5, 0.6) is 11.5 Å². The number of carbonyl (C=O) groups excluding carboxylic acids is 1. The number of hydrogen-bond donors (Lipinski definition) is 2. The molecule has 0 bridgehead atoms.